The van der Waals surface area contributed by atoms with Crippen molar-refractivity contribution in [2.75, 3.05) is 12.8 Å². The first-order valence-electron chi connectivity index (χ1n) is 8.45. The topological polar surface area (TPSA) is 140 Å². The van der Waals surface area contributed by atoms with Crippen LogP contribution in [0.5, 0.6) is 5.75 Å². The third kappa shape index (κ3) is 3.66. The van der Waals surface area contributed by atoms with Crippen molar-refractivity contribution in [2.45, 2.75) is 17.3 Å². The Hall–Kier alpha value is -3.41. The summed E-state index contributed by atoms with van der Waals surface area (Å²) < 4.78 is 8.51. The number of hydrogen-bond acceptors (Lipinski definition) is 9. The van der Waals surface area contributed by atoms with Crippen molar-refractivity contribution < 1.29 is 9.53 Å². The van der Waals surface area contributed by atoms with Gasteiger partial charge in [0.2, 0.25) is 5.16 Å². The minimum absolute atomic E-state index is 0.176. The van der Waals surface area contributed by atoms with Crippen molar-refractivity contribution in [2.24, 2.45) is 14.1 Å². The van der Waals surface area contributed by atoms with Crippen molar-refractivity contribution in [3.8, 4) is 11.4 Å². The molecule has 1 aromatic carbocycles. The molecule has 12 heteroatoms. The van der Waals surface area contributed by atoms with E-state index in [1.807, 2.05) is 0 Å². The summed E-state index contributed by atoms with van der Waals surface area (Å²) in [5.74, 6) is -0.0149. The first-order valence-corrected chi connectivity index (χ1v) is 9.33. The molecule has 0 spiro atoms. The highest BCUT2D eigenvalue weighted by Crippen LogP contribution is 2.26. The molecule has 0 saturated carbocycles. The Labute approximate surface area is 169 Å². The Bertz CT molecular complexity index is 1180. The van der Waals surface area contributed by atoms with E-state index in [2.05, 4.69) is 15.5 Å². The third-order valence-electron chi connectivity index (χ3n) is 4.37. The number of nitrogen functional groups attached to an aromatic ring is 1. The second-order valence-corrected chi connectivity index (χ2v) is 7.47. The molecule has 2 heterocycles. The van der Waals surface area contributed by atoms with Gasteiger partial charge in [-0.05, 0) is 41.6 Å². The number of rotatable bonds is 6. The number of thioether (sulfide) groups is 1. The number of tetrazole rings is 1. The molecule has 3 aromatic rings. The first-order chi connectivity index (χ1) is 13.8. The van der Waals surface area contributed by atoms with Gasteiger partial charge in [0.1, 0.15) is 17.1 Å². The Balaban J connectivity index is 1.92. The highest BCUT2D eigenvalue weighted by Gasteiger charge is 2.27. The first kappa shape index (κ1) is 20.3. The lowest BCUT2D eigenvalue weighted by atomic mass is 10.1. The SMILES string of the molecule is COc1ccc(-n2nnnc2SC(C)C(=O)c2c(N)n(C)c(=O)n(C)c2=O)cc1. The van der Waals surface area contributed by atoms with Crippen LogP contribution in [-0.4, -0.2) is 47.5 Å². The molecule has 0 aliphatic rings. The Morgan fingerprint density at radius 1 is 1.17 bits per heavy atom. The summed E-state index contributed by atoms with van der Waals surface area (Å²) in [7, 11) is 4.26. The normalized spacial score (nSPS) is 12.0. The summed E-state index contributed by atoms with van der Waals surface area (Å²) in [6.07, 6.45) is 0. The van der Waals surface area contributed by atoms with E-state index in [-0.39, 0.29) is 11.4 Å². The fourth-order valence-corrected chi connectivity index (χ4v) is 3.51. The molecule has 0 aliphatic carbocycles. The van der Waals surface area contributed by atoms with Crippen molar-refractivity contribution in [1.82, 2.24) is 29.3 Å². The molecule has 2 N–H and O–H groups in total. The molecule has 0 saturated heterocycles. The lowest BCUT2D eigenvalue weighted by Crippen LogP contribution is -2.42. The van der Waals surface area contributed by atoms with Gasteiger partial charge in [0, 0.05) is 14.1 Å². The lowest BCUT2D eigenvalue weighted by molar-refractivity contribution is 0.0992. The predicted octanol–water partition coefficient (Wildman–Crippen LogP) is 0.0140. The van der Waals surface area contributed by atoms with Crippen molar-refractivity contribution in [1.29, 1.82) is 0 Å². The highest BCUT2D eigenvalue weighted by molar-refractivity contribution is 8.00. The van der Waals surface area contributed by atoms with Crippen molar-refractivity contribution >= 4 is 23.4 Å². The predicted molar refractivity (Wildman–Crippen MR) is 107 cm³/mol. The number of ether oxygens (including phenoxy) is 1. The third-order valence-corrected chi connectivity index (χ3v) is 5.40. The molecule has 11 nitrogen and oxygen atoms in total. The summed E-state index contributed by atoms with van der Waals surface area (Å²) in [4.78, 5) is 37.3. The van der Waals surface area contributed by atoms with Gasteiger partial charge in [-0.25, -0.2) is 4.79 Å². The van der Waals surface area contributed by atoms with Gasteiger partial charge in [-0.2, -0.15) is 4.68 Å². The van der Waals surface area contributed by atoms with Crippen LogP contribution in [0.4, 0.5) is 5.82 Å². The molecule has 152 valence electrons. The number of hydrogen-bond donors (Lipinski definition) is 1. The molecule has 3 rings (SSSR count). The molecule has 1 atom stereocenters. The van der Waals surface area contributed by atoms with Gasteiger partial charge in [-0.1, -0.05) is 11.8 Å². The maximum absolute atomic E-state index is 12.9. The number of Topliss-reactive ketones (excluding diaryl/α,β-unsaturated/α-hetero) is 1. The molecule has 1 unspecified atom stereocenters. The number of nitrogens with two attached hydrogens (primary N) is 1. The minimum Gasteiger partial charge on any atom is -0.497 e. The van der Waals surface area contributed by atoms with Gasteiger partial charge in [0.25, 0.3) is 5.56 Å². The Morgan fingerprint density at radius 3 is 2.45 bits per heavy atom. The van der Waals surface area contributed by atoms with E-state index in [1.54, 1.807) is 38.3 Å². The van der Waals surface area contributed by atoms with Gasteiger partial charge in [-0.15, -0.1) is 5.10 Å². The summed E-state index contributed by atoms with van der Waals surface area (Å²) in [6.45, 7) is 1.62. The van der Waals surface area contributed by atoms with E-state index in [9.17, 15) is 14.4 Å². The van der Waals surface area contributed by atoms with Crippen LogP contribution in [0.25, 0.3) is 5.69 Å². The second-order valence-electron chi connectivity index (χ2n) is 6.16. The van der Waals surface area contributed by atoms with E-state index >= 15 is 0 Å². The monoisotopic (exact) mass is 417 g/mol. The quantitative estimate of drug-likeness (QED) is 0.434. The van der Waals surface area contributed by atoms with Crippen molar-refractivity contribution in [3.05, 3.63) is 50.7 Å². The number of methoxy groups -OCH3 is 1. The number of nitrogens with zero attached hydrogens (tertiary/aromatic N) is 6. The molecule has 29 heavy (non-hydrogen) atoms. The van der Waals surface area contributed by atoms with E-state index in [0.717, 1.165) is 20.9 Å². The van der Waals surface area contributed by atoms with E-state index in [0.29, 0.717) is 16.6 Å². The summed E-state index contributed by atoms with van der Waals surface area (Å²) in [5, 5.41) is 11.2. The summed E-state index contributed by atoms with van der Waals surface area (Å²) in [5.41, 5.74) is 4.97. The smallest absolute Gasteiger partial charge is 0.332 e. The van der Waals surface area contributed by atoms with E-state index < -0.39 is 22.3 Å². The average Bonchev–Trinajstić information content (AvgIpc) is 3.18. The number of carbonyl (C=O) groups is 1. The number of aromatic nitrogens is 6. The molecule has 0 aliphatic heterocycles. The molecule has 0 bridgehead atoms. The molecular weight excluding hydrogens is 398 g/mol. The zero-order valence-corrected chi connectivity index (χ0v) is 17.0. The Morgan fingerprint density at radius 2 is 1.83 bits per heavy atom. The van der Waals surface area contributed by atoms with Crippen LogP contribution in [-0.2, 0) is 14.1 Å². The maximum Gasteiger partial charge on any atom is 0.332 e. The average molecular weight is 417 g/mol. The standard InChI is InChI=1S/C17H19N7O4S/c1-9(13(25)12-14(18)22(2)17(27)23(3)15(12)26)29-16-19-20-21-24(16)10-5-7-11(28-4)8-6-10/h5-9H,18H2,1-4H3. The van der Waals surface area contributed by atoms with Gasteiger partial charge >= 0.3 is 5.69 Å². The molecular formula is C17H19N7O4S. The van der Waals surface area contributed by atoms with Crippen molar-refractivity contribution in [3.63, 3.8) is 0 Å². The van der Waals surface area contributed by atoms with Gasteiger partial charge in [0.05, 0.1) is 18.0 Å². The van der Waals surface area contributed by atoms with Crippen LogP contribution in [0.2, 0.25) is 0 Å². The second kappa shape index (κ2) is 7.91. The minimum atomic E-state index is -0.738. The van der Waals surface area contributed by atoms with Crippen LogP contribution in [0, 0.1) is 0 Å². The van der Waals surface area contributed by atoms with Gasteiger partial charge in [-0.3, -0.25) is 18.7 Å². The lowest BCUT2D eigenvalue weighted by Gasteiger charge is -2.14. The fraction of sp³-hybridized carbons (Fsp3) is 0.294. The fourth-order valence-electron chi connectivity index (χ4n) is 2.64. The van der Waals surface area contributed by atoms with Crippen LogP contribution in [0.3, 0.4) is 0 Å². The van der Waals surface area contributed by atoms with Crippen LogP contribution >= 0.6 is 11.8 Å². The molecule has 0 radical (unpaired) electrons. The zero-order valence-electron chi connectivity index (χ0n) is 16.2. The number of carbonyl (C=O) groups excluding carboxylic acids is 1. The molecule has 2 aromatic heterocycles. The molecule has 0 amide bonds. The van der Waals surface area contributed by atoms with Gasteiger partial charge in [0.15, 0.2) is 5.78 Å². The van der Waals surface area contributed by atoms with Crippen LogP contribution < -0.4 is 21.7 Å². The van der Waals surface area contributed by atoms with Crippen LogP contribution in [0.15, 0.2) is 39.0 Å². The highest BCUT2D eigenvalue weighted by atomic mass is 32.2. The number of benzene rings is 1. The largest absolute Gasteiger partial charge is 0.497 e. The summed E-state index contributed by atoms with van der Waals surface area (Å²) in [6, 6.07) is 7.06. The zero-order chi connectivity index (χ0) is 21.3. The number of anilines is 1. The Kier molecular flexibility index (Phi) is 5.55. The number of ketones is 1. The van der Waals surface area contributed by atoms with E-state index in [4.69, 9.17) is 10.5 Å². The summed E-state index contributed by atoms with van der Waals surface area (Å²) >= 11 is 1.07. The molecule has 0 fully saturated rings. The van der Waals surface area contributed by atoms with Gasteiger partial charge < -0.3 is 10.5 Å². The van der Waals surface area contributed by atoms with E-state index in [1.165, 1.54) is 18.8 Å². The van der Waals surface area contributed by atoms with Crippen LogP contribution in [0.1, 0.15) is 17.3 Å². The maximum atomic E-state index is 12.9.